The quantitative estimate of drug-likeness (QED) is 0.681. The molecule has 0 atom stereocenters. The Morgan fingerprint density at radius 2 is 1.88 bits per heavy atom. The van der Waals surface area contributed by atoms with Crippen molar-refractivity contribution in [2.24, 2.45) is 0 Å². The third-order valence-electron chi connectivity index (χ3n) is 3.81. The number of pyridine rings is 2. The molecule has 0 radical (unpaired) electrons. The van der Waals surface area contributed by atoms with E-state index in [0.29, 0.717) is 5.39 Å². The fourth-order valence-electron chi connectivity index (χ4n) is 2.61. The number of nitrogens with zero attached hydrogens (tertiary/aromatic N) is 4. The summed E-state index contributed by atoms with van der Waals surface area (Å²) in [5.74, 6) is 0. The summed E-state index contributed by atoms with van der Waals surface area (Å²) in [4.78, 5) is 8.28. The van der Waals surface area contributed by atoms with Crippen LogP contribution in [0.3, 0.4) is 0 Å². The molecule has 0 aliphatic heterocycles. The highest BCUT2D eigenvalue weighted by Crippen LogP contribution is 2.26. The molecule has 0 amide bonds. The first kappa shape index (κ1) is 17.0. The minimum atomic E-state index is -3.77. The van der Waals surface area contributed by atoms with E-state index in [1.807, 2.05) is 18.2 Å². The Balaban J connectivity index is 2.05. The van der Waals surface area contributed by atoms with Crippen LogP contribution in [-0.4, -0.2) is 29.2 Å². The molecule has 0 N–H and O–H groups in total. The number of hydrogen-bond acceptors (Lipinski definition) is 5. The van der Waals surface area contributed by atoms with E-state index in [0.717, 1.165) is 10.9 Å². The van der Waals surface area contributed by atoms with E-state index in [-0.39, 0.29) is 24.4 Å². The van der Waals surface area contributed by atoms with E-state index >= 15 is 0 Å². The van der Waals surface area contributed by atoms with Crippen molar-refractivity contribution in [2.45, 2.75) is 17.9 Å². The maximum atomic E-state index is 13.2. The molecule has 0 bridgehead atoms. The molecule has 2 aromatic heterocycles. The maximum absolute atomic E-state index is 13.2. The zero-order valence-corrected chi connectivity index (χ0v) is 14.2. The Bertz CT molecular complexity index is 1010. The Hall–Kier alpha value is -2.82. The molecule has 1 aromatic carbocycles. The SMILES string of the molecule is N#CCCN(Cc1cccnc1)S(=O)(=O)c1cccc2cnccc12. The van der Waals surface area contributed by atoms with Gasteiger partial charge in [-0.2, -0.15) is 9.57 Å². The molecular formula is C18H16N4O2S. The fourth-order valence-corrected chi connectivity index (χ4v) is 4.25. The summed E-state index contributed by atoms with van der Waals surface area (Å²) in [5, 5.41) is 10.3. The predicted octanol–water partition coefficient (Wildman–Crippen LogP) is 2.73. The van der Waals surface area contributed by atoms with E-state index < -0.39 is 10.0 Å². The highest BCUT2D eigenvalue weighted by atomic mass is 32.2. The topological polar surface area (TPSA) is 87.0 Å². The van der Waals surface area contributed by atoms with Gasteiger partial charge in [-0.1, -0.05) is 18.2 Å². The molecule has 25 heavy (non-hydrogen) atoms. The molecule has 0 fully saturated rings. The smallest absolute Gasteiger partial charge is 0.244 e. The van der Waals surface area contributed by atoms with E-state index in [9.17, 15) is 8.42 Å². The lowest BCUT2D eigenvalue weighted by Crippen LogP contribution is -2.31. The lowest BCUT2D eigenvalue weighted by atomic mass is 10.2. The zero-order valence-electron chi connectivity index (χ0n) is 13.4. The molecule has 6 nitrogen and oxygen atoms in total. The van der Waals surface area contributed by atoms with Gasteiger partial charge in [-0.3, -0.25) is 9.97 Å². The molecule has 0 saturated heterocycles. The third kappa shape index (κ3) is 3.65. The second-order valence-electron chi connectivity index (χ2n) is 5.46. The first-order valence-electron chi connectivity index (χ1n) is 7.71. The molecule has 3 rings (SSSR count). The molecular weight excluding hydrogens is 336 g/mol. The predicted molar refractivity (Wildman–Crippen MR) is 93.8 cm³/mol. The van der Waals surface area contributed by atoms with Crippen LogP contribution in [-0.2, 0) is 16.6 Å². The lowest BCUT2D eigenvalue weighted by Gasteiger charge is -2.22. The van der Waals surface area contributed by atoms with Crippen LogP contribution in [0.25, 0.3) is 10.8 Å². The van der Waals surface area contributed by atoms with Crippen LogP contribution < -0.4 is 0 Å². The van der Waals surface area contributed by atoms with Crippen LogP contribution >= 0.6 is 0 Å². The van der Waals surface area contributed by atoms with Crippen molar-refractivity contribution in [1.82, 2.24) is 14.3 Å². The summed E-state index contributed by atoms with van der Waals surface area (Å²) in [6, 6.07) is 12.4. The molecule has 7 heteroatoms. The van der Waals surface area contributed by atoms with Gasteiger partial charge in [0.1, 0.15) is 0 Å². The summed E-state index contributed by atoms with van der Waals surface area (Å²) >= 11 is 0. The largest absolute Gasteiger partial charge is 0.264 e. The minimum Gasteiger partial charge on any atom is -0.264 e. The number of benzene rings is 1. The van der Waals surface area contributed by atoms with Crippen molar-refractivity contribution in [3.05, 3.63) is 66.7 Å². The number of sulfonamides is 1. The van der Waals surface area contributed by atoms with Crippen LogP contribution in [0.4, 0.5) is 0 Å². The van der Waals surface area contributed by atoms with E-state index in [4.69, 9.17) is 5.26 Å². The van der Waals surface area contributed by atoms with Crippen molar-refractivity contribution in [2.75, 3.05) is 6.54 Å². The lowest BCUT2D eigenvalue weighted by molar-refractivity contribution is 0.413. The average Bonchev–Trinajstić information content (AvgIpc) is 2.65. The Morgan fingerprint density at radius 1 is 1.04 bits per heavy atom. The highest BCUT2D eigenvalue weighted by molar-refractivity contribution is 7.89. The molecule has 126 valence electrons. The van der Waals surface area contributed by atoms with Crippen LogP contribution in [0, 0.1) is 11.3 Å². The van der Waals surface area contributed by atoms with Crippen molar-refractivity contribution in [3.63, 3.8) is 0 Å². The molecule has 2 heterocycles. The van der Waals surface area contributed by atoms with Gasteiger partial charge < -0.3 is 0 Å². The Kier molecular flexibility index (Phi) is 5.03. The third-order valence-corrected chi connectivity index (χ3v) is 5.72. The van der Waals surface area contributed by atoms with Gasteiger partial charge in [0.15, 0.2) is 0 Å². The summed E-state index contributed by atoms with van der Waals surface area (Å²) in [6.07, 6.45) is 6.58. The first-order valence-corrected chi connectivity index (χ1v) is 9.15. The van der Waals surface area contributed by atoms with Gasteiger partial charge in [-0.05, 0) is 23.8 Å². The molecule has 0 spiro atoms. The molecule has 0 aliphatic carbocycles. The van der Waals surface area contributed by atoms with Crippen LogP contribution in [0.15, 0.2) is 66.1 Å². The fraction of sp³-hybridized carbons (Fsp3) is 0.167. The van der Waals surface area contributed by atoms with Gasteiger partial charge in [0.2, 0.25) is 10.0 Å². The summed E-state index contributed by atoms with van der Waals surface area (Å²) in [5.41, 5.74) is 0.769. The number of aromatic nitrogens is 2. The van der Waals surface area contributed by atoms with Crippen molar-refractivity contribution in [3.8, 4) is 6.07 Å². The highest BCUT2D eigenvalue weighted by Gasteiger charge is 2.26. The number of nitriles is 1. The number of hydrogen-bond donors (Lipinski definition) is 0. The van der Waals surface area contributed by atoms with Gasteiger partial charge in [0.25, 0.3) is 0 Å². The molecule has 0 saturated carbocycles. The van der Waals surface area contributed by atoms with E-state index in [1.54, 1.807) is 49.1 Å². The second kappa shape index (κ2) is 7.38. The first-order chi connectivity index (χ1) is 12.1. The van der Waals surface area contributed by atoms with Crippen molar-refractivity contribution in [1.29, 1.82) is 5.26 Å². The molecule has 0 aliphatic rings. The van der Waals surface area contributed by atoms with Gasteiger partial charge in [-0.15, -0.1) is 0 Å². The number of rotatable bonds is 6. The van der Waals surface area contributed by atoms with Crippen molar-refractivity contribution < 1.29 is 8.42 Å². The Morgan fingerprint density at radius 3 is 2.64 bits per heavy atom. The summed E-state index contributed by atoms with van der Waals surface area (Å²) < 4.78 is 27.8. The number of fused-ring (bicyclic) bond motifs is 1. The standard InChI is InChI=1S/C18H16N4O2S/c19-8-3-11-22(14-15-4-2-9-20-12-15)25(23,24)18-6-1-5-16-13-21-10-7-17(16)18/h1-2,4-7,9-10,12-13H,3,11,14H2. The summed E-state index contributed by atoms with van der Waals surface area (Å²) in [7, 11) is -3.77. The van der Waals surface area contributed by atoms with Gasteiger partial charge in [0, 0.05) is 55.1 Å². The van der Waals surface area contributed by atoms with E-state index in [2.05, 4.69) is 9.97 Å². The molecule has 3 aromatic rings. The Labute approximate surface area is 146 Å². The summed E-state index contributed by atoms with van der Waals surface area (Å²) in [6.45, 7) is 0.286. The van der Waals surface area contributed by atoms with Gasteiger partial charge >= 0.3 is 0 Å². The normalized spacial score (nSPS) is 11.5. The van der Waals surface area contributed by atoms with Crippen LogP contribution in [0.5, 0.6) is 0 Å². The van der Waals surface area contributed by atoms with Crippen LogP contribution in [0.1, 0.15) is 12.0 Å². The van der Waals surface area contributed by atoms with Crippen molar-refractivity contribution >= 4 is 20.8 Å². The van der Waals surface area contributed by atoms with E-state index in [1.165, 1.54) is 4.31 Å². The average molecular weight is 352 g/mol. The second-order valence-corrected chi connectivity index (χ2v) is 7.37. The van der Waals surface area contributed by atoms with Gasteiger partial charge in [-0.25, -0.2) is 8.42 Å². The van der Waals surface area contributed by atoms with Gasteiger partial charge in [0.05, 0.1) is 11.0 Å². The zero-order chi connectivity index (χ0) is 17.7. The maximum Gasteiger partial charge on any atom is 0.244 e. The monoisotopic (exact) mass is 352 g/mol. The molecule has 0 unspecified atom stereocenters. The van der Waals surface area contributed by atoms with Crippen LogP contribution in [0.2, 0.25) is 0 Å². The minimum absolute atomic E-state index is 0.117.